The SMILES string of the molecule is COc1ccc(/C(C#N)=C\c2ccc(OC(=O)Cc3c[nH]c4ccccc34)cc2)cc1OC. The number of carbonyl (C=O) groups is 1. The molecular weight excluding hydrogens is 416 g/mol. The number of hydrogen-bond donors (Lipinski definition) is 1. The van der Waals surface area contributed by atoms with Crippen LogP contribution in [0.5, 0.6) is 17.2 Å². The molecular formula is C27H22N2O4. The van der Waals surface area contributed by atoms with Gasteiger partial charge in [-0.15, -0.1) is 0 Å². The lowest BCUT2D eigenvalue weighted by Crippen LogP contribution is -2.10. The minimum Gasteiger partial charge on any atom is -0.493 e. The Morgan fingerprint density at radius 3 is 2.48 bits per heavy atom. The molecule has 3 aromatic carbocycles. The summed E-state index contributed by atoms with van der Waals surface area (Å²) in [5, 5.41) is 10.6. The minimum atomic E-state index is -0.342. The normalized spacial score (nSPS) is 11.1. The van der Waals surface area contributed by atoms with E-state index in [1.165, 1.54) is 0 Å². The number of methoxy groups -OCH3 is 2. The third kappa shape index (κ3) is 4.89. The van der Waals surface area contributed by atoms with Gasteiger partial charge in [-0.3, -0.25) is 4.79 Å². The highest BCUT2D eigenvalue weighted by Crippen LogP contribution is 2.31. The van der Waals surface area contributed by atoms with Crippen LogP contribution in [0.4, 0.5) is 0 Å². The van der Waals surface area contributed by atoms with Crippen LogP contribution in [0.1, 0.15) is 16.7 Å². The Labute approximate surface area is 191 Å². The molecule has 1 aromatic heterocycles. The van der Waals surface area contributed by atoms with Crippen molar-refractivity contribution in [3.8, 4) is 23.3 Å². The number of rotatable bonds is 7. The summed E-state index contributed by atoms with van der Waals surface area (Å²) in [7, 11) is 3.11. The number of nitriles is 1. The second-order valence-corrected chi connectivity index (χ2v) is 7.32. The molecule has 0 aliphatic rings. The van der Waals surface area contributed by atoms with E-state index in [4.69, 9.17) is 14.2 Å². The van der Waals surface area contributed by atoms with E-state index in [0.717, 1.165) is 22.0 Å². The minimum absolute atomic E-state index is 0.170. The van der Waals surface area contributed by atoms with Crippen LogP contribution in [-0.4, -0.2) is 25.2 Å². The summed E-state index contributed by atoms with van der Waals surface area (Å²) in [4.78, 5) is 15.6. The topological polar surface area (TPSA) is 84.3 Å². The van der Waals surface area contributed by atoms with Crippen molar-refractivity contribution in [3.05, 3.63) is 89.6 Å². The third-order valence-electron chi connectivity index (χ3n) is 5.25. The Morgan fingerprint density at radius 1 is 1.00 bits per heavy atom. The molecule has 0 saturated heterocycles. The maximum Gasteiger partial charge on any atom is 0.315 e. The van der Waals surface area contributed by atoms with Gasteiger partial charge < -0.3 is 19.2 Å². The number of hydrogen-bond acceptors (Lipinski definition) is 5. The van der Waals surface area contributed by atoms with Crippen molar-refractivity contribution >= 4 is 28.5 Å². The first-order valence-corrected chi connectivity index (χ1v) is 10.3. The van der Waals surface area contributed by atoms with Crippen molar-refractivity contribution < 1.29 is 19.0 Å². The van der Waals surface area contributed by atoms with Crippen LogP contribution < -0.4 is 14.2 Å². The molecule has 1 N–H and O–H groups in total. The molecule has 0 fully saturated rings. The lowest BCUT2D eigenvalue weighted by molar-refractivity contribution is -0.133. The first-order chi connectivity index (χ1) is 16.1. The van der Waals surface area contributed by atoms with Gasteiger partial charge in [0.1, 0.15) is 5.75 Å². The highest BCUT2D eigenvalue weighted by atomic mass is 16.5. The average Bonchev–Trinajstić information content (AvgIpc) is 3.25. The van der Waals surface area contributed by atoms with Crippen LogP contribution in [0.15, 0.2) is 72.9 Å². The third-order valence-corrected chi connectivity index (χ3v) is 5.25. The van der Waals surface area contributed by atoms with Crippen molar-refractivity contribution in [3.63, 3.8) is 0 Å². The highest BCUT2D eigenvalue weighted by molar-refractivity contribution is 5.90. The molecule has 0 saturated carbocycles. The number of ether oxygens (including phenoxy) is 3. The number of benzene rings is 3. The first-order valence-electron chi connectivity index (χ1n) is 10.3. The molecule has 6 nitrogen and oxygen atoms in total. The summed E-state index contributed by atoms with van der Waals surface area (Å²) < 4.78 is 16.1. The van der Waals surface area contributed by atoms with Gasteiger partial charge in [0.25, 0.3) is 0 Å². The number of para-hydroxylation sites is 1. The van der Waals surface area contributed by atoms with Crippen LogP contribution in [-0.2, 0) is 11.2 Å². The smallest absolute Gasteiger partial charge is 0.315 e. The molecule has 33 heavy (non-hydrogen) atoms. The average molecular weight is 438 g/mol. The van der Waals surface area contributed by atoms with Crippen molar-refractivity contribution in [1.29, 1.82) is 5.26 Å². The number of H-pyrrole nitrogens is 1. The summed E-state index contributed by atoms with van der Waals surface area (Å²) in [6.07, 6.45) is 3.76. The fourth-order valence-electron chi connectivity index (χ4n) is 3.58. The Kier molecular flexibility index (Phi) is 6.42. The predicted molar refractivity (Wildman–Crippen MR) is 127 cm³/mol. The van der Waals surface area contributed by atoms with E-state index in [1.807, 2.05) is 30.5 Å². The van der Waals surface area contributed by atoms with E-state index in [1.54, 1.807) is 62.8 Å². The van der Waals surface area contributed by atoms with E-state index in [9.17, 15) is 10.1 Å². The Hall–Kier alpha value is -4.50. The van der Waals surface area contributed by atoms with Crippen LogP contribution >= 0.6 is 0 Å². The van der Waals surface area contributed by atoms with Gasteiger partial charge in [0, 0.05) is 17.1 Å². The van der Waals surface area contributed by atoms with Gasteiger partial charge in [0.2, 0.25) is 0 Å². The molecule has 0 amide bonds. The Bertz CT molecular complexity index is 1360. The summed E-state index contributed by atoms with van der Waals surface area (Å²) in [5.74, 6) is 1.25. The largest absolute Gasteiger partial charge is 0.493 e. The van der Waals surface area contributed by atoms with Gasteiger partial charge in [0.05, 0.1) is 32.3 Å². The van der Waals surface area contributed by atoms with E-state index in [2.05, 4.69) is 11.1 Å². The number of allylic oxidation sites excluding steroid dienone is 1. The molecule has 4 aromatic rings. The zero-order valence-electron chi connectivity index (χ0n) is 18.3. The molecule has 0 unspecified atom stereocenters. The van der Waals surface area contributed by atoms with Gasteiger partial charge in [-0.2, -0.15) is 5.26 Å². The maximum absolute atomic E-state index is 12.4. The lowest BCUT2D eigenvalue weighted by atomic mass is 10.0. The Balaban J connectivity index is 1.46. The Morgan fingerprint density at radius 2 is 1.76 bits per heavy atom. The molecule has 1 heterocycles. The van der Waals surface area contributed by atoms with Crippen molar-refractivity contribution in [2.45, 2.75) is 6.42 Å². The van der Waals surface area contributed by atoms with Gasteiger partial charge in [-0.1, -0.05) is 30.3 Å². The number of nitrogens with one attached hydrogen (secondary N) is 1. The number of carbonyl (C=O) groups excluding carboxylic acids is 1. The van der Waals surface area contributed by atoms with Gasteiger partial charge in [0.15, 0.2) is 11.5 Å². The van der Waals surface area contributed by atoms with Crippen LogP contribution in [0.2, 0.25) is 0 Å². The second-order valence-electron chi connectivity index (χ2n) is 7.32. The first kappa shape index (κ1) is 21.7. The van der Waals surface area contributed by atoms with Crippen LogP contribution in [0, 0.1) is 11.3 Å². The van der Waals surface area contributed by atoms with Gasteiger partial charge in [-0.05, 0) is 59.2 Å². The monoisotopic (exact) mass is 438 g/mol. The summed E-state index contributed by atoms with van der Waals surface area (Å²) >= 11 is 0. The van der Waals surface area contributed by atoms with E-state index < -0.39 is 0 Å². The molecule has 0 radical (unpaired) electrons. The molecule has 0 aliphatic carbocycles. The number of nitrogens with zero attached hydrogens (tertiary/aromatic N) is 1. The number of aromatic nitrogens is 1. The lowest BCUT2D eigenvalue weighted by Gasteiger charge is -2.09. The molecule has 6 heteroatoms. The zero-order valence-corrected chi connectivity index (χ0v) is 18.3. The van der Waals surface area contributed by atoms with Crippen molar-refractivity contribution in [2.75, 3.05) is 14.2 Å². The number of esters is 1. The molecule has 0 aliphatic heterocycles. The zero-order chi connectivity index (χ0) is 23.2. The van der Waals surface area contributed by atoms with E-state index in [-0.39, 0.29) is 12.4 Å². The van der Waals surface area contributed by atoms with Crippen LogP contribution in [0.25, 0.3) is 22.6 Å². The predicted octanol–water partition coefficient (Wildman–Crippen LogP) is 5.40. The fourth-order valence-corrected chi connectivity index (χ4v) is 3.58. The maximum atomic E-state index is 12.4. The molecule has 0 bridgehead atoms. The summed E-state index contributed by atoms with van der Waals surface area (Å²) in [6, 6.07) is 22.4. The van der Waals surface area contributed by atoms with Gasteiger partial charge >= 0.3 is 5.97 Å². The molecule has 0 spiro atoms. The highest BCUT2D eigenvalue weighted by Gasteiger charge is 2.11. The molecule has 0 atom stereocenters. The fraction of sp³-hybridized carbons (Fsp3) is 0.111. The summed E-state index contributed by atoms with van der Waals surface area (Å²) in [6.45, 7) is 0. The van der Waals surface area contributed by atoms with Crippen molar-refractivity contribution in [1.82, 2.24) is 4.98 Å². The number of aromatic amines is 1. The number of fused-ring (bicyclic) bond motifs is 1. The quantitative estimate of drug-likeness (QED) is 0.181. The van der Waals surface area contributed by atoms with Crippen LogP contribution in [0.3, 0.4) is 0 Å². The molecule has 4 rings (SSSR count). The second kappa shape index (κ2) is 9.75. The van der Waals surface area contributed by atoms with Gasteiger partial charge in [-0.25, -0.2) is 0 Å². The standard InChI is InChI=1S/C27H22N2O4/c1-31-25-12-9-19(14-26(25)32-2)20(16-28)13-18-7-10-22(11-8-18)33-27(30)15-21-17-29-24-6-4-3-5-23(21)24/h3-14,17,29H,15H2,1-2H3/b20-13-. The van der Waals surface area contributed by atoms with E-state index in [0.29, 0.717) is 28.4 Å². The molecule has 164 valence electrons. The summed E-state index contributed by atoms with van der Waals surface area (Å²) in [5.41, 5.74) is 3.87. The van der Waals surface area contributed by atoms with Crippen molar-refractivity contribution in [2.24, 2.45) is 0 Å². The van der Waals surface area contributed by atoms with E-state index >= 15 is 0 Å².